The van der Waals surface area contributed by atoms with Crippen LogP contribution in [0.25, 0.3) is 0 Å². The van der Waals surface area contributed by atoms with Crippen LogP contribution in [-0.4, -0.2) is 21.6 Å². The Labute approximate surface area is 106 Å². The normalized spacial score (nSPS) is 10.9. The topological polar surface area (TPSA) is 86.0 Å². The molecule has 5 heteroatoms. The van der Waals surface area contributed by atoms with E-state index >= 15 is 0 Å². The van der Waals surface area contributed by atoms with Gasteiger partial charge in [-0.2, -0.15) is 5.26 Å². The van der Waals surface area contributed by atoms with Gasteiger partial charge in [0.05, 0.1) is 0 Å². The lowest BCUT2D eigenvalue weighted by Gasteiger charge is -2.28. The zero-order chi connectivity index (χ0) is 13.6. The molecule has 0 fully saturated rings. The summed E-state index contributed by atoms with van der Waals surface area (Å²) in [6.45, 7) is 3.99. The third-order valence-electron chi connectivity index (χ3n) is 3.23. The Bertz CT molecular complexity index is 462. The molecule has 0 amide bonds. The number of carbonyl (C=O) groups is 1. The number of aromatic nitrogens is 1. The molecular weight excluding hydrogens is 230 g/mol. The first-order valence-corrected chi connectivity index (χ1v) is 5.92. The SMILES string of the molecule is CCC(CC)(NCc1cccnc1C#N)C(=O)O. The van der Waals surface area contributed by atoms with Gasteiger partial charge in [-0.25, -0.2) is 4.98 Å². The number of carboxylic acids is 1. The van der Waals surface area contributed by atoms with Crippen molar-refractivity contribution in [3.05, 3.63) is 29.6 Å². The molecular formula is C13H17N3O2. The van der Waals surface area contributed by atoms with E-state index < -0.39 is 11.5 Å². The minimum Gasteiger partial charge on any atom is -0.480 e. The first-order valence-electron chi connectivity index (χ1n) is 5.92. The third kappa shape index (κ3) is 2.84. The Morgan fingerprint density at radius 3 is 2.72 bits per heavy atom. The van der Waals surface area contributed by atoms with Gasteiger partial charge in [0.25, 0.3) is 0 Å². The smallest absolute Gasteiger partial charge is 0.323 e. The predicted molar refractivity (Wildman–Crippen MR) is 66.7 cm³/mol. The molecule has 0 saturated heterocycles. The number of hydrogen-bond donors (Lipinski definition) is 2. The lowest BCUT2D eigenvalue weighted by atomic mass is 9.92. The van der Waals surface area contributed by atoms with E-state index in [-0.39, 0.29) is 0 Å². The fourth-order valence-electron chi connectivity index (χ4n) is 1.82. The number of nitriles is 1. The van der Waals surface area contributed by atoms with Gasteiger partial charge in [0, 0.05) is 18.3 Å². The zero-order valence-electron chi connectivity index (χ0n) is 10.6. The van der Waals surface area contributed by atoms with Crippen LogP contribution in [0.3, 0.4) is 0 Å². The molecule has 18 heavy (non-hydrogen) atoms. The summed E-state index contributed by atoms with van der Waals surface area (Å²) >= 11 is 0. The van der Waals surface area contributed by atoms with Gasteiger partial charge in [-0.1, -0.05) is 19.9 Å². The molecule has 1 heterocycles. The summed E-state index contributed by atoms with van der Waals surface area (Å²) in [4.78, 5) is 15.3. The highest BCUT2D eigenvalue weighted by molar-refractivity contribution is 5.78. The number of carboxylic acid groups (broad SMARTS) is 1. The lowest BCUT2D eigenvalue weighted by molar-refractivity contribution is -0.145. The van der Waals surface area contributed by atoms with Crippen LogP contribution in [0.15, 0.2) is 18.3 Å². The molecule has 0 unspecified atom stereocenters. The molecule has 0 aromatic carbocycles. The largest absolute Gasteiger partial charge is 0.480 e. The van der Waals surface area contributed by atoms with Crippen molar-refractivity contribution in [1.82, 2.24) is 10.3 Å². The predicted octanol–water partition coefficient (Wildman–Crippen LogP) is 1.69. The Hall–Kier alpha value is -1.93. The van der Waals surface area contributed by atoms with Crippen LogP contribution in [0.2, 0.25) is 0 Å². The van der Waals surface area contributed by atoms with Crippen LogP contribution < -0.4 is 5.32 Å². The van der Waals surface area contributed by atoms with Gasteiger partial charge < -0.3 is 5.11 Å². The van der Waals surface area contributed by atoms with E-state index in [9.17, 15) is 9.90 Å². The van der Waals surface area contributed by atoms with Crippen molar-refractivity contribution in [3.63, 3.8) is 0 Å². The van der Waals surface area contributed by atoms with E-state index in [1.807, 2.05) is 19.9 Å². The fraction of sp³-hybridized carbons (Fsp3) is 0.462. The van der Waals surface area contributed by atoms with Crippen LogP contribution in [0.1, 0.15) is 37.9 Å². The molecule has 0 aliphatic heterocycles. The molecule has 0 radical (unpaired) electrons. The summed E-state index contributed by atoms with van der Waals surface area (Å²) < 4.78 is 0. The maximum atomic E-state index is 11.3. The molecule has 0 saturated carbocycles. The van der Waals surface area contributed by atoms with Crippen LogP contribution in [0, 0.1) is 11.3 Å². The monoisotopic (exact) mass is 247 g/mol. The maximum absolute atomic E-state index is 11.3. The number of aliphatic carboxylic acids is 1. The van der Waals surface area contributed by atoms with Gasteiger partial charge in [0.1, 0.15) is 17.3 Å². The van der Waals surface area contributed by atoms with Crippen molar-refractivity contribution in [2.24, 2.45) is 0 Å². The van der Waals surface area contributed by atoms with E-state index in [1.165, 1.54) is 0 Å². The first kappa shape index (κ1) is 14.1. The molecule has 1 rings (SSSR count). The molecule has 5 nitrogen and oxygen atoms in total. The summed E-state index contributed by atoms with van der Waals surface area (Å²) in [6, 6.07) is 5.51. The number of rotatable bonds is 6. The maximum Gasteiger partial charge on any atom is 0.323 e. The minimum atomic E-state index is -0.942. The van der Waals surface area contributed by atoms with Crippen molar-refractivity contribution >= 4 is 5.97 Å². The number of nitrogens with zero attached hydrogens (tertiary/aromatic N) is 2. The summed E-state index contributed by atoms with van der Waals surface area (Å²) in [7, 11) is 0. The highest BCUT2D eigenvalue weighted by Gasteiger charge is 2.34. The Balaban J connectivity index is 2.86. The summed E-state index contributed by atoms with van der Waals surface area (Å²) in [5, 5.41) is 21.2. The third-order valence-corrected chi connectivity index (χ3v) is 3.23. The summed E-state index contributed by atoms with van der Waals surface area (Å²) in [6.07, 6.45) is 2.52. The van der Waals surface area contributed by atoms with Crippen LogP contribution >= 0.6 is 0 Å². The van der Waals surface area contributed by atoms with Crippen molar-refractivity contribution in [3.8, 4) is 6.07 Å². The van der Waals surface area contributed by atoms with E-state index in [0.29, 0.717) is 30.6 Å². The quantitative estimate of drug-likeness (QED) is 0.798. The minimum absolute atomic E-state index is 0.324. The number of pyridine rings is 1. The van der Waals surface area contributed by atoms with Gasteiger partial charge in [0.15, 0.2) is 0 Å². The Kier molecular flexibility index (Phi) is 4.81. The van der Waals surface area contributed by atoms with E-state index in [2.05, 4.69) is 10.3 Å². The van der Waals surface area contributed by atoms with Gasteiger partial charge >= 0.3 is 5.97 Å². The molecule has 0 aliphatic rings. The first-order chi connectivity index (χ1) is 8.59. The van der Waals surface area contributed by atoms with E-state index in [1.54, 1.807) is 18.3 Å². The lowest BCUT2D eigenvalue weighted by Crippen LogP contribution is -2.50. The second kappa shape index (κ2) is 6.12. The van der Waals surface area contributed by atoms with E-state index in [4.69, 9.17) is 5.26 Å². The standard InChI is InChI=1S/C13H17N3O2/c1-3-13(4-2,12(17)18)16-9-10-6-5-7-15-11(10)8-14/h5-7,16H,3-4,9H2,1-2H3,(H,17,18). The highest BCUT2D eigenvalue weighted by atomic mass is 16.4. The van der Waals surface area contributed by atoms with Crippen LogP contribution in [-0.2, 0) is 11.3 Å². The molecule has 0 spiro atoms. The zero-order valence-corrected chi connectivity index (χ0v) is 10.6. The molecule has 0 bridgehead atoms. The van der Waals surface area contributed by atoms with E-state index in [0.717, 1.165) is 0 Å². The Morgan fingerprint density at radius 2 is 2.22 bits per heavy atom. The van der Waals surface area contributed by atoms with Crippen molar-refractivity contribution in [1.29, 1.82) is 5.26 Å². The van der Waals surface area contributed by atoms with Crippen molar-refractivity contribution in [2.45, 2.75) is 38.8 Å². The average molecular weight is 247 g/mol. The van der Waals surface area contributed by atoms with Crippen molar-refractivity contribution < 1.29 is 9.90 Å². The summed E-state index contributed by atoms with van der Waals surface area (Å²) in [5.74, 6) is -0.866. The van der Waals surface area contributed by atoms with Gasteiger partial charge in [-0.3, -0.25) is 10.1 Å². The molecule has 2 N–H and O–H groups in total. The highest BCUT2D eigenvalue weighted by Crippen LogP contribution is 2.17. The molecule has 0 aliphatic carbocycles. The van der Waals surface area contributed by atoms with Crippen molar-refractivity contribution in [2.75, 3.05) is 0 Å². The number of nitrogens with one attached hydrogen (secondary N) is 1. The fourth-order valence-corrected chi connectivity index (χ4v) is 1.82. The summed E-state index contributed by atoms with van der Waals surface area (Å²) in [5.41, 5.74) is 0.103. The molecule has 1 aromatic heterocycles. The number of hydrogen-bond acceptors (Lipinski definition) is 4. The molecule has 0 atom stereocenters. The molecule has 1 aromatic rings. The Morgan fingerprint density at radius 1 is 1.56 bits per heavy atom. The molecule has 96 valence electrons. The second-order valence-corrected chi connectivity index (χ2v) is 4.07. The van der Waals surface area contributed by atoms with Crippen LogP contribution in [0.5, 0.6) is 0 Å². The van der Waals surface area contributed by atoms with Gasteiger partial charge in [0.2, 0.25) is 0 Å². The van der Waals surface area contributed by atoms with Gasteiger partial charge in [-0.05, 0) is 18.9 Å². The van der Waals surface area contributed by atoms with Crippen LogP contribution in [0.4, 0.5) is 0 Å². The van der Waals surface area contributed by atoms with Gasteiger partial charge in [-0.15, -0.1) is 0 Å². The second-order valence-electron chi connectivity index (χ2n) is 4.07. The average Bonchev–Trinajstić information content (AvgIpc) is 2.40.